The van der Waals surface area contributed by atoms with Gasteiger partial charge in [-0.25, -0.2) is 0 Å². The molecule has 1 aliphatic rings. The fourth-order valence-corrected chi connectivity index (χ4v) is 3.52. The Morgan fingerprint density at radius 3 is 2.58 bits per heavy atom. The number of amides is 2. The van der Waals surface area contributed by atoms with Crippen molar-refractivity contribution in [3.63, 3.8) is 0 Å². The van der Waals surface area contributed by atoms with Gasteiger partial charge in [-0.3, -0.25) is 19.6 Å². The summed E-state index contributed by atoms with van der Waals surface area (Å²) in [6, 6.07) is 7.20. The van der Waals surface area contributed by atoms with Crippen LogP contribution in [0.3, 0.4) is 0 Å². The van der Waals surface area contributed by atoms with Gasteiger partial charge in [0.1, 0.15) is 17.2 Å². The zero-order chi connectivity index (χ0) is 22.2. The molecule has 1 aromatic carbocycles. The van der Waals surface area contributed by atoms with E-state index in [0.29, 0.717) is 55.6 Å². The van der Waals surface area contributed by atoms with E-state index in [-0.39, 0.29) is 11.8 Å². The predicted molar refractivity (Wildman–Crippen MR) is 117 cm³/mol. The number of rotatable bonds is 9. The lowest BCUT2D eigenvalue weighted by molar-refractivity contribution is -0.122. The van der Waals surface area contributed by atoms with Gasteiger partial charge in [0.25, 0.3) is 5.91 Å². The molecule has 1 fully saturated rings. The smallest absolute Gasteiger partial charge is 0.271 e. The molecule has 0 bridgehead atoms. The lowest BCUT2D eigenvalue weighted by atomic mass is 10.1. The van der Waals surface area contributed by atoms with Crippen LogP contribution in [0.4, 0.5) is 0 Å². The summed E-state index contributed by atoms with van der Waals surface area (Å²) in [6.07, 6.45) is 2.05. The van der Waals surface area contributed by atoms with E-state index in [1.165, 1.54) is 0 Å². The van der Waals surface area contributed by atoms with E-state index in [1.54, 1.807) is 31.3 Å². The Bertz CT molecular complexity index is 890. The van der Waals surface area contributed by atoms with Crippen LogP contribution in [0.25, 0.3) is 11.3 Å². The largest absolute Gasteiger partial charge is 0.497 e. The average Bonchev–Trinajstić information content (AvgIpc) is 3.29. The zero-order valence-electron chi connectivity index (χ0n) is 18.4. The second kappa shape index (κ2) is 10.8. The summed E-state index contributed by atoms with van der Waals surface area (Å²) in [7, 11) is 3.18. The standard InChI is InChI=1S/C22H31N5O4/c1-4-5-8-23-21(28)15-26-9-11-27(12-10-26)22(29)19-14-18(24-25-19)17-7-6-16(30-2)13-20(17)31-3/h6-7,13-14H,4-5,8-12,15H2,1-3H3,(H,23,28)(H,24,25). The minimum absolute atomic E-state index is 0.0416. The van der Waals surface area contributed by atoms with Gasteiger partial charge < -0.3 is 19.7 Å². The van der Waals surface area contributed by atoms with Crippen molar-refractivity contribution in [3.8, 4) is 22.8 Å². The summed E-state index contributed by atoms with van der Waals surface area (Å²) in [4.78, 5) is 28.8. The van der Waals surface area contributed by atoms with Crippen LogP contribution in [-0.4, -0.2) is 85.3 Å². The number of hydrogen-bond donors (Lipinski definition) is 2. The highest BCUT2D eigenvalue weighted by Crippen LogP contribution is 2.32. The number of hydrogen-bond acceptors (Lipinski definition) is 6. The molecule has 3 rings (SSSR count). The quantitative estimate of drug-likeness (QED) is 0.590. The van der Waals surface area contributed by atoms with Crippen molar-refractivity contribution in [2.24, 2.45) is 0 Å². The van der Waals surface area contributed by atoms with E-state index in [0.717, 1.165) is 24.9 Å². The molecule has 1 aliphatic heterocycles. The second-order valence-electron chi connectivity index (χ2n) is 7.50. The number of carbonyl (C=O) groups excluding carboxylic acids is 2. The van der Waals surface area contributed by atoms with E-state index < -0.39 is 0 Å². The maximum atomic E-state index is 12.9. The molecule has 0 atom stereocenters. The van der Waals surface area contributed by atoms with Crippen molar-refractivity contribution in [2.75, 3.05) is 53.5 Å². The monoisotopic (exact) mass is 429 g/mol. The molecule has 2 aromatic rings. The van der Waals surface area contributed by atoms with Crippen molar-refractivity contribution in [3.05, 3.63) is 30.0 Å². The van der Waals surface area contributed by atoms with Crippen molar-refractivity contribution in [1.29, 1.82) is 0 Å². The molecule has 0 unspecified atom stereocenters. The van der Waals surface area contributed by atoms with Gasteiger partial charge >= 0.3 is 0 Å². The first kappa shape index (κ1) is 22.6. The van der Waals surface area contributed by atoms with Crippen molar-refractivity contribution in [1.82, 2.24) is 25.3 Å². The Labute approximate surface area is 182 Å². The summed E-state index contributed by atoms with van der Waals surface area (Å²) in [6.45, 7) is 5.66. The van der Waals surface area contributed by atoms with Gasteiger partial charge in [-0.05, 0) is 24.6 Å². The molecule has 9 nitrogen and oxygen atoms in total. The molecule has 0 saturated carbocycles. The summed E-state index contributed by atoms with van der Waals surface area (Å²) < 4.78 is 10.7. The Hall–Kier alpha value is -3.07. The number of benzene rings is 1. The summed E-state index contributed by atoms with van der Waals surface area (Å²) >= 11 is 0. The molecular formula is C22H31N5O4. The van der Waals surface area contributed by atoms with Crippen LogP contribution in [-0.2, 0) is 4.79 Å². The highest BCUT2D eigenvalue weighted by atomic mass is 16.5. The average molecular weight is 430 g/mol. The highest BCUT2D eigenvalue weighted by Gasteiger charge is 2.25. The normalized spacial score (nSPS) is 14.4. The number of nitrogens with zero attached hydrogens (tertiary/aromatic N) is 3. The van der Waals surface area contributed by atoms with Crippen LogP contribution in [0.5, 0.6) is 11.5 Å². The fourth-order valence-electron chi connectivity index (χ4n) is 3.52. The van der Waals surface area contributed by atoms with Crippen LogP contribution in [0.15, 0.2) is 24.3 Å². The van der Waals surface area contributed by atoms with Crippen molar-refractivity contribution in [2.45, 2.75) is 19.8 Å². The van der Waals surface area contributed by atoms with Gasteiger partial charge in [0, 0.05) is 44.4 Å². The SMILES string of the molecule is CCCCNC(=O)CN1CCN(C(=O)c2cc(-c3ccc(OC)cc3OC)n[nH]2)CC1. The third-order valence-corrected chi connectivity index (χ3v) is 5.37. The molecule has 1 saturated heterocycles. The first-order valence-corrected chi connectivity index (χ1v) is 10.6. The number of ether oxygens (including phenoxy) is 2. The van der Waals surface area contributed by atoms with Gasteiger partial charge in [-0.1, -0.05) is 13.3 Å². The van der Waals surface area contributed by atoms with Crippen molar-refractivity contribution >= 4 is 11.8 Å². The predicted octanol–water partition coefficient (Wildman–Crippen LogP) is 1.77. The van der Waals surface area contributed by atoms with E-state index >= 15 is 0 Å². The number of aromatic nitrogens is 2. The number of aromatic amines is 1. The molecule has 0 aliphatic carbocycles. The van der Waals surface area contributed by atoms with E-state index in [2.05, 4.69) is 27.3 Å². The molecule has 2 amide bonds. The number of methoxy groups -OCH3 is 2. The minimum atomic E-state index is -0.0988. The number of carbonyl (C=O) groups is 2. The lowest BCUT2D eigenvalue weighted by Gasteiger charge is -2.34. The molecular weight excluding hydrogens is 398 g/mol. The number of unbranched alkanes of at least 4 members (excludes halogenated alkanes) is 1. The minimum Gasteiger partial charge on any atom is -0.497 e. The molecule has 2 heterocycles. The molecule has 9 heteroatoms. The van der Waals surface area contributed by atoms with Crippen molar-refractivity contribution < 1.29 is 19.1 Å². The molecule has 168 valence electrons. The maximum Gasteiger partial charge on any atom is 0.271 e. The Balaban J connectivity index is 1.57. The van der Waals surface area contributed by atoms with E-state index in [1.807, 2.05) is 12.1 Å². The van der Waals surface area contributed by atoms with Crippen LogP contribution in [0, 0.1) is 0 Å². The van der Waals surface area contributed by atoms with Gasteiger partial charge in [0.2, 0.25) is 5.91 Å². The maximum absolute atomic E-state index is 12.9. The number of H-pyrrole nitrogens is 1. The fraction of sp³-hybridized carbons (Fsp3) is 0.500. The number of nitrogens with one attached hydrogen (secondary N) is 2. The number of piperazine rings is 1. The molecule has 2 N–H and O–H groups in total. The van der Waals surface area contributed by atoms with E-state index in [4.69, 9.17) is 9.47 Å². The van der Waals surface area contributed by atoms with Crippen LogP contribution in [0.1, 0.15) is 30.3 Å². The summed E-state index contributed by atoms with van der Waals surface area (Å²) in [5.41, 5.74) is 1.83. The van der Waals surface area contributed by atoms with Gasteiger partial charge in [-0.2, -0.15) is 5.10 Å². The van der Waals surface area contributed by atoms with Gasteiger partial charge in [0.05, 0.1) is 26.5 Å². The molecule has 31 heavy (non-hydrogen) atoms. The Kier molecular flexibility index (Phi) is 7.88. The summed E-state index contributed by atoms with van der Waals surface area (Å²) in [5.74, 6) is 1.25. The third-order valence-electron chi connectivity index (χ3n) is 5.37. The van der Waals surface area contributed by atoms with Crippen LogP contribution >= 0.6 is 0 Å². The molecule has 1 aromatic heterocycles. The zero-order valence-corrected chi connectivity index (χ0v) is 18.4. The Morgan fingerprint density at radius 2 is 1.90 bits per heavy atom. The third kappa shape index (κ3) is 5.75. The van der Waals surface area contributed by atoms with Crippen LogP contribution in [0.2, 0.25) is 0 Å². The molecule has 0 spiro atoms. The van der Waals surface area contributed by atoms with Gasteiger partial charge in [-0.15, -0.1) is 0 Å². The van der Waals surface area contributed by atoms with Gasteiger partial charge in [0.15, 0.2) is 0 Å². The summed E-state index contributed by atoms with van der Waals surface area (Å²) in [5, 5.41) is 10.1. The van der Waals surface area contributed by atoms with Crippen LogP contribution < -0.4 is 14.8 Å². The topological polar surface area (TPSA) is 99.8 Å². The molecule has 0 radical (unpaired) electrons. The lowest BCUT2D eigenvalue weighted by Crippen LogP contribution is -2.51. The highest BCUT2D eigenvalue weighted by molar-refractivity contribution is 5.93. The second-order valence-corrected chi connectivity index (χ2v) is 7.50. The van der Waals surface area contributed by atoms with E-state index in [9.17, 15) is 9.59 Å². The first-order chi connectivity index (χ1) is 15.0. The first-order valence-electron chi connectivity index (χ1n) is 10.6. The Morgan fingerprint density at radius 1 is 1.13 bits per heavy atom.